The minimum atomic E-state index is -0.503. The van der Waals surface area contributed by atoms with E-state index in [4.69, 9.17) is 15.2 Å². The van der Waals surface area contributed by atoms with E-state index < -0.39 is 5.91 Å². The average molecular weight is 356 g/mol. The van der Waals surface area contributed by atoms with Gasteiger partial charge in [0.25, 0.3) is 5.91 Å². The van der Waals surface area contributed by atoms with Crippen molar-refractivity contribution in [1.82, 2.24) is 10.6 Å². The van der Waals surface area contributed by atoms with Crippen LogP contribution in [0.3, 0.4) is 0 Å². The van der Waals surface area contributed by atoms with E-state index in [1.54, 1.807) is 20.2 Å². The van der Waals surface area contributed by atoms with Gasteiger partial charge >= 0.3 is 0 Å². The van der Waals surface area contributed by atoms with Gasteiger partial charge in [-0.2, -0.15) is 0 Å². The molecule has 26 heavy (non-hydrogen) atoms. The van der Waals surface area contributed by atoms with Crippen LogP contribution in [-0.2, 0) is 17.9 Å². The molecule has 7 nitrogen and oxygen atoms in total. The second-order valence-corrected chi connectivity index (χ2v) is 5.53. The van der Waals surface area contributed by atoms with E-state index in [-0.39, 0.29) is 6.61 Å². The Balaban J connectivity index is 1.84. The molecule has 2 aromatic rings. The molecule has 1 amide bonds. The third-order valence-electron chi connectivity index (χ3n) is 3.58. The summed E-state index contributed by atoms with van der Waals surface area (Å²) in [5.74, 6) is 1.61. The maximum atomic E-state index is 10.8. The third kappa shape index (κ3) is 6.35. The number of nitrogens with one attached hydrogen (secondary N) is 2. The molecule has 138 valence electrons. The molecular weight excluding hydrogens is 332 g/mol. The molecule has 0 radical (unpaired) electrons. The lowest BCUT2D eigenvalue weighted by molar-refractivity contribution is -0.119. The van der Waals surface area contributed by atoms with Crippen molar-refractivity contribution < 1.29 is 14.3 Å². The van der Waals surface area contributed by atoms with Crippen molar-refractivity contribution in [1.29, 1.82) is 0 Å². The molecule has 0 unspecified atom stereocenters. The molecule has 0 atom stereocenters. The Bertz CT molecular complexity index is 745. The van der Waals surface area contributed by atoms with E-state index in [0.29, 0.717) is 24.8 Å². The summed E-state index contributed by atoms with van der Waals surface area (Å²) in [6.07, 6.45) is 0. The number of nitrogens with zero attached hydrogens (tertiary/aromatic N) is 1. The van der Waals surface area contributed by atoms with E-state index in [1.807, 2.05) is 42.5 Å². The second kappa shape index (κ2) is 9.93. The van der Waals surface area contributed by atoms with Crippen molar-refractivity contribution in [2.24, 2.45) is 10.7 Å². The quantitative estimate of drug-likeness (QED) is 0.491. The minimum absolute atomic E-state index is 0.137. The predicted molar refractivity (Wildman–Crippen MR) is 101 cm³/mol. The number of hydrogen-bond donors (Lipinski definition) is 3. The van der Waals surface area contributed by atoms with Gasteiger partial charge in [0.15, 0.2) is 12.6 Å². The van der Waals surface area contributed by atoms with Crippen LogP contribution in [0.4, 0.5) is 0 Å². The molecule has 0 aromatic heterocycles. The van der Waals surface area contributed by atoms with E-state index in [2.05, 4.69) is 15.6 Å². The number of guanidine groups is 1. The van der Waals surface area contributed by atoms with Crippen LogP contribution in [0, 0.1) is 0 Å². The summed E-state index contributed by atoms with van der Waals surface area (Å²) in [5.41, 5.74) is 7.21. The van der Waals surface area contributed by atoms with Crippen LogP contribution in [-0.4, -0.2) is 32.6 Å². The maximum Gasteiger partial charge on any atom is 0.255 e. The molecule has 0 fully saturated rings. The molecule has 0 aliphatic rings. The van der Waals surface area contributed by atoms with Gasteiger partial charge in [-0.05, 0) is 35.4 Å². The molecular formula is C19H24N4O3. The number of aliphatic imine (C=N–C) groups is 1. The monoisotopic (exact) mass is 356 g/mol. The molecule has 2 aromatic carbocycles. The van der Waals surface area contributed by atoms with Crippen LogP contribution in [0.15, 0.2) is 53.5 Å². The van der Waals surface area contributed by atoms with E-state index in [0.717, 1.165) is 16.9 Å². The van der Waals surface area contributed by atoms with E-state index in [1.165, 1.54) is 0 Å². The molecule has 0 aliphatic carbocycles. The van der Waals surface area contributed by atoms with Gasteiger partial charge in [-0.3, -0.25) is 9.79 Å². The Morgan fingerprint density at radius 2 is 1.73 bits per heavy atom. The Kier molecular flexibility index (Phi) is 7.30. The Morgan fingerprint density at radius 3 is 2.35 bits per heavy atom. The molecule has 0 bridgehead atoms. The maximum absolute atomic E-state index is 10.8. The Hall–Kier alpha value is -3.22. The Morgan fingerprint density at radius 1 is 1.04 bits per heavy atom. The SMILES string of the molecule is CN=C(NCc1ccc(OC)cc1)NCc1cccc(OCC(N)=O)c1. The predicted octanol–water partition coefficient (Wildman–Crippen LogP) is 1.42. The number of carbonyl (C=O) groups excluding carboxylic acids is 1. The minimum Gasteiger partial charge on any atom is -0.497 e. The number of amides is 1. The van der Waals surface area contributed by atoms with Crippen LogP contribution in [0.25, 0.3) is 0 Å². The van der Waals surface area contributed by atoms with Crippen LogP contribution in [0.2, 0.25) is 0 Å². The van der Waals surface area contributed by atoms with Gasteiger partial charge < -0.3 is 25.8 Å². The summed E-state index contributed by atoms with van der Waals surface area (Å²) in [6.45, 7) is 1.07. The summed E-state index contributed by atoms with van der Waals surface area (Å²) >= 11 is 0. The smallest absolute Gasteiger partial charge is 0.255 e. The van der Waals surface area contributed by atoms with Gasteiger partial charge in [-0.25, -0.2) is 0 Å². The first-order valence-electron chi connectivity index (χ1n) is 8.18. The van der Waals surface area contributed by atoms with E-state index in [9.17, 15) is 4.79 Å². The lowest BCUT2D eigenvalue weighted by Gasteiger charge is -2.13. The first-order valence-corrected chi connectivity index (χ1v) is 8.18. The summed E-state index contributed by atoms with van der Waals surface area (Å²) in [6, 6.07) is 15.3. The highest BCUT2D eigenvalue weighted by atomic mass is 16.5. The molecule has 4 N–H and O–H groups in total. The fourth-order valence-electron chi connectivity index (χ4n) is 2.24. The van der Waals surface area contributed by atoms with Crippen LogP contribution < -0.4 is 25.8 Å². The van der Waals surface area contributed by atoms with Gasteiger partial charge in [0.2, 0.25) is 0 Å². The van der Waals surface area contributed by atoms with Gasteiger partial charge in [0, 0.05) is 20.1 Å². The van der Waals surface area contributed by atoms with Gasteiger partial charge in [0.05, 0.1) is 7.11 Å². The molecule has 0 saturated heterocycles. The molecule has 2 rings (SSSR count). The highest BCUT2D eigenvalue weighted by Crippen LogP contribution is 2.13. The highest BCUT2D eigenvalue weighted by molar-refractivity contribution is 5.79. The first kappa shape index (κ1) is 19.1. The van der Waals surface area contributed by atoms with Crippen LogP contribution >= 0.6 is 0 Å². The number of ether oxygens (including phenoxy) is 2. The summed E-state index contributed by atoms with van der Waals surface area (Å²) in [7, 11) is 3.36. The van der Waals surface area contributed by atoms with Crippen LogP contribution in [0.1, 0.15) is 11.1 Å². The molecule has 0 heterocycles. The van der Waals surface area contributed by atoms with Crippen molar-refractivity contribution in [2.75, 3.05) is 20.8 Å². The standard InChI is InChI=1S/C19H24N4O3/c1-21-19(22-11-14-6-8-16(25-2)9-7-14)23-12-15-4-3-5-17(10-15)26-13-18(20)24/h3-10H,11-13H2,1-2H3,(H2,20,24)(H2,21,22,23). The van der Waals surface area contributed by atoms with Crippen molar-refractivity contribution in [2.45, 2.75) is 13.1 Å². The average Bonchev–Trinajstić information content (AvgIpc) is 2.67. The van der Waals surface area contributed by atoms with Gasteiger partial charge in [-0.1, -0.05) is 24.3 Å². The summed E-state index contributed by atoms with van der Waals surface area (Å²) < 4.78 is 10.5. The second-order valence-electron chi connectivity index (χ2n) is 5.53. The third-order valence-corrected chi connectivity index (χ3v) is 3.58. The van der Waals surface area contributed by atoms with Crippen molar-refractivity contribution in [3.8, 4) is 11.5 Å². The zero-order valence-corrected chi connectivity index (χ0v) is 15.0. The Labute approximate surface area is 153 Å². The first-order chi connectivity index (χ1) is 12.6. The van der Waals surface area contributed by atoms with Gasteiger partial charge in [-0.15, -0.1) is 0 Å². The zero-order valence-electron chi connectivity index (χ0n) is 15.0. The number of nitrogens with two attached hydrogens (primary N) is 1. The number of primary amides is 1. The summed E-state index contributed by atoms with van der Waals surface area (Å²) in [4.78, 5) is 15.0. The lowest BCUT2D eigenvalue weighted by Crippen LogP contribution is -2.36. The van der Waals surface area contributed by atoms with Crippen molar-refractivity contribution in [3.05, 3.63) is 59.7 Å². The highest BCUT2D eigenvalue weighted by Gasteiger charge is 2.02. The van der Waals surface area contributed by atoms with Gasteiger partial charge in [0.1, 0.15) is 11.5 Å². The summed E-state index contributed by atoms with van der Waals surface area (Å²) in [5, 5.41) is 6.49. The number of benzene rings is 2. The molecule has 0 spiro atoms. The number of carbonyl (C=O) groups is 1. The number of hydrogen-bond acceptors (Lipinski definition) is 4. The van der Waals surface area contributed by atoms with Crippen LogP contribution in [0.5, 0.6) is 11.5 Å². The molecule has 7 heteroatoms. The normalized spacial score (nSPS) is 10.9. The fourth-order valence-corrected chi connectivity index (χ4v) is 2.24. The van der Waals surface area contributed by atoms with E-state index >= 15 is 0 Å². The number of rotatable bonds is 8. The topological polar surface area (TPSA) is 98.0 Å². The van der Waals surface area contributed by atoms with Crippen molar-refractivity contribution >= 4 is 11.9 Å². The lowest BCUT2D eigenvalue weighted by atomic mass is 10.2. The molecule has 0 aliphatic heterocycles. The number of methoxy groups -OCH3 is 1. The molecule has 0 saturated carbocycles. The van der Waals surface area contributed by atoms with Crippen molar-refractivity contribution in [3.63, 3.8) is 0 Å². The zero-order chi connectivity index (χ0) is 18.8. The largest absolute Gasteiger partial charge is 0.497 e. The fraction of sp³-hybridized carbons (Fsp3) is 0.263.